The normalized spacial score (nSPS) is 15.5. The first-order valence-electron chi connectivity index (χ1n) is 11.3. The van der Waals surface area contributed by atoms with E-state index in [1.165, 1.54) is 12.1 Å². The predicted molar refractivity (Wildman–Crippen MR) is 128 cm³/mol. The first-order valence-corrected chi connectivity index (χ1v) is 11.3. The quantitative estimate of drug-likeness (QED) is 0.360. The minimum absolute atomic E-state index is 0. The van der Waals surface area contributed by atoms with E-state index in [4.69, 9.17) is 0 Å². The van der Waals surface area contributed by atoms with Crippen LogP contribution < -0.4 is 0 Å². The Balaban J connectivity index is 0.00000306. The van der Waals surface area contributed by atoms with Gasteiger partial charge in [-0.25, -0.2) is 0 Å². The van der Waals surface area contributed by atoms with Crippen LogP contribution in [0.25, 0.3) is 10.9 Å². The summed E-state index contributed by atoms with van der Waals surface area (Å²) in [6.07, 6.45) is 1.78. The van der Waals surface area contributed by atoms with E-state index in [-0.39, 0.29) is 18.2 Å². The number of ketones is 1. The minimum Gasteiger partial charge on any atom is -0.350 e. The number of halogens is 4. The molecule has 4 rings (SSSR count). The highest BCUT2D eigenvalue weighted by molar-refractivity contribution is 6.08. The van der Waals surface area contributed by atoms with E-state index in [1.54, 1.807) is 6.07 Å². The van der Waals surface area contributed by atoms with Crippen molar-refractivity contribution in [3.8, 4) is 0 Å². The third kappa shape index (κ3) is 6.18. The Hall–Kier alpha value is -2.31. The summed E-state index contributed by atoms with van der Waals surface area (Å²) in [5, 5.41) is 1.02. The van der Waals surface area contributed by atoms with Crippen molar-refractivity contribution in [3.63, 3.8) is 0 Å². The fourth-order valence-electron chi connectivity index (χ4n) is 4.72. The lowest BCUT2D eigenvalue weighted by Gasteiger charge is -2.32. The van der Waals surface area contributed by atoms with Crippen LogP contribution in [0.5, 0.6) is 0 Å². The second kappa shape index (κ2) is 10.7. The maximum atomic E-state index is 12.9. The number of hydrogen-bond acceptors (Lipinski definition) is 2. The summed E-state index contributed by atoms with van der Waals surface area (Å²) >= 11 is 0. The number of rotatable bonds is 7. The number of hydrogen-bond donors (Lipinski definition) is 0. The fraction of sp³-hybridized carbons (Fsp3) is 0.423. The number of fused-ring (bicyclic) bond motifs is 1. The van der Waals surface area contributed by atoms with Gasteiger partial charge >= 0.3 is 6.18 Å². The van der Waals surface area contributed by atoms with E-state index < -0.39 is 11.7 Å². The number of benzene rings is 2. The van der Waals surface area contributed by atoms with Gasteiger partial charge in [0.05, 0.1) is 5.56 Å². The molecule has 0 radical (unpaired) electrons. The first kappa shape index (κ1) is 25.3. The summed E-state index contributed by atoms with van der Waals surface area (Å²) in [7, 11) is 1.97. The number of piperidine rings is 1. The summed E-state index contributed by atoms with van der Waals surface area (Å²) in [6, 6.07) is 13.6. The second-order valence-electron chi connectivity index (χ2n) is 8.87. The molecule has 2 heterocycles. The van der Waals surface area contributed by atoms with Gasteiger partial charge in [-0.3, -0.25) is 4.79 Å². The Morgan fingerprint density at radius 2 is 1.79 bits per heavy atom. The molecule has 1 aliphatic heterocycles. The van der Waals surface area contributed by atoms with Gasteiger partial charge in [0, 0.05) is 42.7 Å². The Bertz CT molecular complexity index is 1080. The van der Waals surface area contributed by atoms with Crippen molar-refractivity contribution in [2.75, 3.05) is 19.6 Å². The SMILES string of the molecule is Cl.Cn1cc(C(=O)CCC2CCN(CCc3cccc(C(F)(F)F)c3)CC2)c2ccccc21. The summed E-state index contributed by atoms with van der Waals surface area (Å²) in [5.74, 6) is 0.729. The van der Waals surface area contributed by atoms with Crippen LogP contribution in [0.4, 0.5) is 13.2 Å². The van der Waals surface area contributed by atoms with Crippen LogP contribution in [-0.2, 0) is 19.6 Å². The molecule has 0 aliphatic carbocycles. The molecule has 1 aromatic heterocycles. The Kier molecular flexibility index (Phi) is 8.24. The van der Waals surface area contributed by atoms with Crippen LogP contribution in [0, 0.1) is 5.92 Å². The Morgan fingerprint density at radius 3 is 2.52 bits per heavy atom. The molecule has 1 fully saturated rings. The second-order valence-corrected chi connectivity index (χ2v) is 8.87. The molecular formula is C26H30ClF3N2O. The molecule has 3 aromatic rings. The molecule has 2 aromatic carbocycles. The van der Waals surface area contributed by atoms with E-state index in [0.29, 0.717) is 18.8 Å². The van der Waals surface area contributed by atoms with Crippen molar-refractivity contribution in [2.45, 2.75) is 38.3 Å². The molecule has 0 bridgehead atoms. The lowest BCUT2D eigenvalue weighted by atomic mass is 9.90. The molecule has 1 aliphatic rings. The molecule has 178 valence electrons. The van der Waals surface area contributed by atoms with Gasteiger partial charge in [0.15, 0.2) is 5.78 Å². The largest absolute Gasteiger partial charge is 0.416 e. The third-order valence-corrected chi connectivity index (χ3v) is 6.66. The number of alkyl halides is 3. The average molecular weight is 479 g/mol. The van der Waals surface area contributed by atoms with E-state index in [1.807, 2.05) is 42.1 Å². The molecular weight excluding hydrogens is 449 g/mol. The third-order valence-electron chi connectivity index (χ3n) is 6.66. The number of Topliss-reactive ketones (excluding diaryl/α,β-unsaturated/α-hetero) is 1. The van der Waals surface area contributed by atoms with Crippen molar-refractivity contribution in [1.29, 1.82) is 0 Å². The Labute approximate surface area is 199 Å². The predicted octanol–water partition coefficient (Wildman–Crippen LogP) is 6.54. The van der Waals surface area contributed by atoms with Crippen LogP contribution in [0.15, 0.2) is 54.7 Å². The average Bonchev–Trinajstić information content (AvgIpc) is 3.13. The maximum Gasteiger partial charge on any atom is 0.416 e. The number of carbonyl (C=O) groups is 1. The summed E-state index contributed by atoms with van der Waals surface area (Å²) < 4.78 is 40.7. The molecule has 0 N–H and O–H groups in total. The topological polar surface area (TPSA) is 25.2 Å². The van der Waals surface area contributed by atoms with Gasteiger partial charge in [-0.05, 0) is 62.4 Å². The summed E-state index contributed by atoms with van der Waals surface area (Å²) in [5.41, 5.74) is 2.03. The molecule has 0 amide bonds. The monoisotopic (exact) mass is 478 g/mol. The molecule has 0 atom stereocenters. The van der Waals surface area contributed by atoms with E-state index in [2.05, 4.69) is 4.90 Å². The van der Waals surface area contributed by atoms with Gasteiger partial charge in [-0.2, -0.15) is 13.2 Å². The van der Waals surface area contributed by atoms with Crippen LogP contribution in [0.3, 0.4) is 0 Å². The number of likely N-dealkylation sites (tertiary alicyclic amines) is 1. The standard InChI is InChI=1S/C26H29F3N2O.ClH/c1-30-18-23(22-7-2-3-8-24(22)30)25(32)10-9-19-11-14-31(15-12-19)16-13-20-5-4-6-21(17-20)26(27,28)29;/h2-8,17-19H,9-16H2,1H3;1H. The molecule has 33 heavy (non-hydrogen) atoms. The number of para-hydroxylation sites is 1. The van der Waals surface area contributed by atoms with Crippen LogP contribution in [-0.4, -0.2) is 34.9 Å². The molecule has 3 nitrogen and oxygen atoms in total. The van der Waals surface area contributed by atoms with E-state index in [0.717, 1.165) is 67.0 Å². The van der Waals surface area contributed by atoms with Gasteiger partial charge in [-0.1, -0.05) is 36.4 Å². The van der Waals surface area contributed by atoms with E-state index in [9.17, 15) is 18.0 Å². The Morgan fingerprint density at radius 1 is 1.06 bits per heavy atom. The highest BCUT2D eigenvalue weighted by Gasteiger charge is 2.30. The van der Waals surface area contributed by atoms with Crippen molar-refractivity contribution >= 4 is 29.1 Å². The van der Waals surface area contributed by atoms with Crippen LogP contribution in [0.2, 0.25) is 0 Å². The van der Waals surface area contributed by atoms with Crippen molar-refractivity contribution < 1.29 is 18.0 Å². The molecule has 1 saturated heterocycles. The van der Waals surface area contributed by atoms with Crippen molar-refractivity contribution in [2.24, 2.45) is 13.0 Å². The number of aryl methyl sites for hydroxylation is 1. The maximum absolute atomic E-state index is 12.9. The molecule has 0 saturated carbocycles. The molecule has 7 heteroatoms. The summed E-state index contributed by atoms with van der Waals surface area (Å²) in [6.45, 7) is 2.64. The zero-order chi connectivity index (χ0) is 22.7. The first-order chi connectivity index (χ1) is 15.3. The van der Waals surface area contributed by atoms with Gasteiger partial charge in [0.2, 0.25) is 0 Å². The highest BCUT2D eigenvalue weighted by Crippen LogP contribution is 2.30. The number of nitrogens with zero attached hydrogens (tertiary/aromatic N) is 2. The van der Waals surface area contributed by atoms with Gasteiger partial charge < -0.3 is 9.47 Å². The van der Waals surface area contributed by atoms with Crippen LogP contribution in [0.1, 0.15) is 47.2 Å². The van der Waals surface area contributed by atoms with Crippen molar-refractivity contribution in [1.82, 2.24) is 9.47 Å². The lowest BCUT2D eigenvalue weighted by Crippen LogP contribution is -2.35. The zero-order valence-corrected chi connectivity index (χ0v) is 19.6. The van der Waals surface area contributed by atoms with Gasteiger partial charge in [-0.15, -0.1) is 12.4 Å². The van der Waals surface area contributed by atoms with Crippen LogP contribution >= 0.6 is 12.4 Å². The summed E-state index contributed by atoms with van der Waals surface area (Å²) in [4.78, 5) is 15.2. The molecule has 0 spiro atoms. The number of carbonyl (C=O) groups excluding carboxylic acids is 1. The number of aromatic nitrogens is 1. The van der Waals surface area contributed by atoms with Gasteiger partial charge in [0.1, 0.15) is 0 Å². The smallest absolute Gasteiger partial charge is 0.350 e. The lowest BCUT2D eigenvalue weighted by molar-refractivity contribution is -0.137. The van der Waals surface area contributed by atoms with E-state index >= 15 is 0 Å². The zero-order valence-electron chi connectivity index (χ0n) is 18.8. The highest BCUT2D eigenvalue weighted by atomic mass is 35.5. The minimum atomic E-state index is -4.29. The van der Waals surface area contributed by atoms with Crippen molar-refractivity contribution in [3.05, 3.63) is 71.4 Å². The molecule has 0 unspecified atom stereocenters. The van der Waals surface area contributed by atoms with Gasteiger partial charge in [0.25, 0.3) is 0 Å². The fourth-order valence-corrected chi connectivity index (χ4v) is 4.72.